The van der Waals surface area contributed by atoms with Gasteiger partial charge in [-0.15, -0.1) is 0 Å². The summed E-state index contributed by atoms with van der Waals surface area (Å²) >= 11 is 6.28. The number of aromatic nitrogens is 3. The second-order valence-electron chi connectivity index (χ2n) is 9.45. The number of ether oxygens (including phenoxy) is 2. The van der Waals surface area contributed by atoms with E-state index in [2.05, 4.69) is 9.97 Å². The number of amides is 2. The molecule has 0 unspecified atom stereocenters. The Morgan fingerprint density at radius 2 is 1.58 bits per heavy atom. The van der Waals surface area contributed by atoms with Crippen molar-refractivity contribution in [3.63, 3.8) is 0 Å². The molecule has 3 heterocycles. The summed E-state index contributed by atoms with van der Waals surface area (Å²) in [4.78, 5) is 35.5. The fourth-order valence-electron chi connectivity index (χ4n) is 3.08. The van der Waals surface area contributed by atoms with E-state index in [1.54, 1.807) is 48.5 Å². The van der Waals surface area contributed by atoms with Gasteiger partial charge >= 0.3 is 12.2 Å². The van der Waals surface area contributed by atoms with Crippen LogP contribution in [0.4, 0.5) is 19.7 Å². The molecular weight excluding hydrogens is 451 g/mol. The molecule has 0 bridgehead atoms. The predicted octanol–water partition coefficient (Wildman–Crippen LogP) is 6.17. The summed E-state index contributed by atoms with van der Waals surface area (Å²) in [6.45, 7) is 11.8. The van der Waals surface area contributed by atoms with Crippen molar-refractivity contribution in [2.75, 3.05) is 4.90 Å². The normalized spacial score (nSPS) is 12.0. The number of aryl methyl sites for hydroxylation is 1. The highest BCUT2D eigenvalue weighted by molar-refractivity contribution is 6.30. The lowest BCUT2D eigenvalue weighted by Crippen LogP contribution is -2.43. The van der Waals surface area contributed by atoms with Crippen LogP contribution in [0.5, 0.6) is 0 Å². The number of hydrogen-bond donors (Lipinski definition) is 0. The highest BCUT2D eigenvalue weighted by atomic mass is 35.5. The van der Waals surface area contributed by atoms with E-state index in [0.717, 1.165) is 4.90 Å². The molecule has 0 fully saturated rings. The Morgan fingerprint density at radius 3 is 2.12 bits per heavy atom. The van der Waals surface area contributed by atoms with Crippen LogP contribution in [0.15, 0.2) is 30.5 Å². The molecule has 2 amide bonds. The zero-order chi connectivity index (χ0) is 24.7. The molecule has 3 aromatic rings. The number of halogens is 2. The Balaban J connectivity index is 2.17. The first-order chi connectivity index (χ1) is 15.1. The van der Waals surface area contributed by atoms with Gasteiger partial charge in [0.15, 0.2) is 0 Å². The molecule has 8 nitrogen and oxygen atoms in total. The zero-order valence-corrected chi connectivity index (χ0v) is 20.3. The third-order valence-corrected chi connectivity index (χ3v) is 4.38. The predicted molar refractivity (Wildman–Crippen MR) is 123 cm³/mol. The molecule has 0 aliphatic rings. The Kier molecular flexibility index (Phi) is 6.39. The fourth-order valence-corrected chi connectivity index (χ4v) is 3.28. The molecule has 0 spiro atoms. The molecule has 176 valence electrons. The minimum absolute atomic E-state index is 0.00497. The van der Waals surface area contributed by atoms with Crippen molar-refractivity contribution in [2.45, 2.75) is 59.7 Å². The number of imidazole rings is 1. The monoisotopic (exact) mass is 476 g/mol. The van der Waals surface area contributed by atoms with E-state index in [-0.39, 0.29) is 16.5 Å². The average Bonchev–Trinajstić information content (AvgIpc) is 2.93. The van der Waals surface area contributed by atoms with Crippen molar-refractivity contribution in [2.24, 2.45) is 0 Å². The molecule has 0 aromatic carbocycles. The first-order valence-electron chi connectivity index (χ1n) is 10.2. The molecule has 33 heavy (non-hydrogen) atoms. The molecule has 0 N–H and O–H groups in total. The lowest BCUT2D eigenvalue weighted by Gasteiger charge is -2.28. The number of rotatable bonds is 2. The lowest BCUT2D eigenvalue weighted by atomic mass is 10.2. The van der Waals surface area contributed by atoms with Gasteiger partial charge in [0.05, 0.1) is 22.8 Å². The SMILES string of the molecule is Cc1nc2ccc(F)cn2c1-c1cc(N(C(=O)OC(C)(C)C)C(=O)OC(C)(C)C)cc(Cl)n1. The van der Waals surface area contributed by atoms with Crippen molar-refractivity contribution in [1.82, 2.24) is 14.4 Å². The highest BCUT2D eigenvalue weighted by Gasteiger charge is 2.33. The smallest absolute Gasteiger partial charge is 0.424 e. The first kappa shape index (κ1) is 24.4. The number of carbonyl (C=O) groups is 2. The van der Waals surface area contributed by atoms with Crippen LogP contribution in [0.3, 0.4) is 0 Å². The van der Waals surface area contributed by atoms with Crippen molar-refractivity contribution >= 4 is 35.1 Å². The number of nitrogens with zero attached hydrogens (tertiary/aromatic N) is 4. The highest BCUT2D eigenvalue weighted by Crippen LogP contribution is 2.31. The third-order valence-electron chi connectivity index (χ3n) is 4.19. The quantitative estimate of drug-likeness (QED) is 0.411. The van der Waals surface area contributed by atoms with Gasteiger partial charge in [-0.05, 0) is 66.7 Å². The maximum atomic E-state index is 13.9. The van der Waals surface area contributed by atoms with Crippen molar-refractivity contribution in [1.29, 1.82) is 0 Å². The van der Waals surface area contributed by atoms with E-state index < -0.39 is 29.2 Å². The van der Waals surface area contributed by atoms with E-state index >= 15 is 0 Å². The molecule has 0 saturated heterocycles. The van der Waals surface area contributed by atoms with E-state index in [0.29, 0.717) is 17.0 Å². The maximum Gasteiger partial charge on any atom is 0.424 e. The Hall–Kier alpha value is -3.20. The van der Waals surface area contributed by atoms with Crippen molar-refractivity contribution in [3.8, 4) is 11.4 Å². The summed E-state index contributed by atoms with van der Waals surface area (Å²) in [5.74, 6) is -0.465. The standard InChI is InChI=1S/C23H26ClFN4O4/c1-13-19(28-12-14(25)8-9-18(28)26-13)16-10-15(11-17(24)27-16)29(20(30)32-22(2,3)4)21(31)33-23(5,6)7/h8-12H,1-7H3. The van der Waals surface area contributed by atoms with Crippen LogP contribution < -0.4 is 4.90 Å². The molecule has 3 rings (SSSR count). The Labute approximate surface area is 196 Å². The van der Waals surface area contributed by atoms with Crippen LogP contribution in [0.2, 0.25) is 5.15 Å². The number of pyridine rings is 2. The summed E-state index contributed by atoms with van der Waals surface area (Å²) in [7, 11) is 0. The summed E-state index contributed by atoms with van der Waals surface area (Å²) < 4.78 is 26.3. The largest absolute Gasteiger partial charge is 0.443 e. The minimum Gasteiger partial charge on any atom is -0.443 e. The fraction of sp³-hybridized carbons (Fsp3) is 0.391. The molecule has 0 radical (unpaired) electrons. The topological polar surface area (TPSA) is 86.0 Å². The first-order valence-corrected chi connectivity index (χ1v) is 10.6. The zero-order valence-electron chi connectivity index (χ0n) is 19.6. The molecule has 0 saturated carbocycles. The van der Waals surface area contributed by atoms with Crippen LogP contribution in [0, 0.1) is 12.7 Å². The van der Waals surface area contributed by atoms with Crippen LogP contribution in [-0.4, -0.2) is 37.8 Å². The van der Waals surface area contributed by atoms with Crippen molar-refractivity contribution in [3.05, 3.63) is 47.1 Å². The van der Waals surface area contributed by atoms with Gasteiger partial charge in [0.2, 0.25) is 0 Å². The van der Waals surface area contributed by atoms with Gasteiger partial charge in [-0.3, -0.25) is 4.40 Å². The van der Waals surface area contributed by atoms with E-state index in [9.17, 15) is 14.0 Å². The van der Waals surface area contributed by atoms with E-state index in [1.165, 1.54) is 34.9 Å². The van der Waals surface area contributed by atoms with Gasteiger partial charge < -0.3 is 9.47 Å². The molecular formula is C23H26ClFN4O4. The molecule has 3 aromatic heterocycles. The Bertz CT molecular complexity index is 1200. The van der Waals surface area contributed by atoms with Gasteiger partial charge in [0, 0.05) is 12.3 Å². The van der Waals surface area contributed by atoms with Crippen LogP contribution >= 0.6 is 11.6 Å². The number of imide groups is 1. The summed E-state index contributed by atoms with van der Waals surface area (Å²) in [5, 5.41) is 0.00497. The van der Waals surface area contributed by atoms with Crippen LogP contribution in [-0.2, 0) is 9.47 Å². The summed E-state index contributed by atoms with van der Waals surface area (Å²) in [6.07, 6.45) is -0.608. The third kappa shape index (κ3) is 5.78. The van der Waals surface area contributed by atoms with Gasteiger partial charge in [-0.2, -0.15) is 4.90 Å². The van der Waals surface area contributed by atoms with Crippen LogP contribution in [0.25, 0.3) is 17.0 Å². The molecule has 10 heteroatoms. The summed E-state index contributed by atoms with van der Waals surface area (Å²) in [6, 6.07) is 5.65. The van der Waals surface area contributed by atoms with Crippen molar-refractivity contribution < 1.29 is 23.5 Å². The van der Waals surface area contributed by atoms with Gasteiger partial charge in [0.1, 0.15) is 27.8 Å². The van der Waals surface area contributed by atoms with Gasteiger partial charge in [0.25, 0.3) is 0 Å². The number of anilines is 1. The van der Waals surface area contributed by atoms with E-state index in [4.69, 9.17) is 21.1 Å². The van der Waals surface area contributed by atoms with E-state index in [1.807, 2.05) is 0 Å². The number of carbonyl (C=O) groups excluding carboxylic acids is 2. The second-order valence-corrected chi connectivity index (χ2v) is 9.84. The number of hydrogen-bond acceptors (Lipinski definition) is 6. The molecule has 0 aliphatic carbocycles. The van der Waals surface area contributed by atoms with Crippen LogP contribution in [0.1, 0.15) is 47.2 Å². The second kappa shape index (κ2) is 8.62. The average molecular weight is 477 g/mol. The molecule has 0 atom stereocenters. The maximum absolute atomic E-state index is 13.9. The Morgan fingerprint density at radius 1 is 1.00 bits per heavy atom. The minimum atomic E-state index is -0.939. The summed E-state index contributed by atoms with van der Waals surface area (Å²) in [5.41, 5.74) is 0.149. The number of fused-ring (bicyclic) bond motifs is 1. The molecule has 0 aliphatic heterocycles. The lowest BCUT2D eigenvalue weighted by molar-refractivity contribution is 0.0431. The van der Waals surface area contributed by atoms with Gasteiger partial charge in [-0.25, -0.2) is 23.9 Å². The van der Waals surface area contributed by atoms with Gasteiger partial charge in [-0.1, -0.05) is 11.6 Å².